The molecule has 4 nitrogen and oxygen atoms in total. The van der Waals surface area contributed by atoms with Crippen LogP contribution in [-0.4, -0.2) is 29.8 Å². The lowest BCUT2D eigenvalue weighted by Gasteiger charge is -2.12. The van der Waals surface area contributed by atoms with Gasteiger partial charge in [0.2, 0.25) is 0 Å². The summed E-state index contributed by atoms with van der Waals surface area (Å²) in [6, 6.07) is 8.59. The largest absolute Gasteiger partial charge is 0.383 e. The van der Waals surface area contributed by atoms with Gasteiger partial charge in [0.05, 0.1) is 18.6 Å². The first-order valence-electron chi connectivity index (χ1n) is 7.10. The predicted molar refractivity (Wildman–Crippen MR) is 80.7 cm³/mol. The first-order chi connectivity index (χ1) is 9.85. The van der Waals surface area contributed by atoms with Gasteiger partial charge < -0.3 is 14.6 Å². The number of benzene rings is 1. The van der Waals surface area contributed by atoms with Crippen LogP contribution in [0.1, 0.15) is 23.7 Å². The SMILES string of the molecule is CCc1ccccc1Cn1cncc1CNCCOC. The van der Waals surface area contributed by atoms with E-state index < -0.39 is 0 Å². The monoisotopic (exact) mass is 273 g/mol. The molecule has 0 bridgehead atoms. The van der Waals surface area contributed by atoms with Gasteiger partial charge in [-0.3, -0.25) is 0 Å². The molecule has 0 saturated carbocycles. The summed E-state index contributed by atoms with van der Waals surface area (Å²) in [5, 5.41) is 3.36. The van der Waals surface area contributed by atoms with Gasteiger partial charge in [-0.05, 0) is 17.5 Å². The van der Waals surface area contributed by atoms with E-state index in [1.54, 1.807) is 7.11 Å². The van der Waals surface area contributed by atoms with Crippen LogP contribution in [-0.2, 0) is 24.2 Å². The Morgan fingerprint density at radius 3 is 2.80 bits per heavy atom. The van der Waals surface area contributed by atoms with Crippen LogP contribution in [0.3, 0.4) is 0 Å². The highest BCUT2D eigenvalue weighted by molar-refractivity contribution is 5.27. The highest BCUT2D eigenvalue weighted by Gasteiger charge is 2.05. The van der Waals surface area contributed by atoms with Gasteiger partial charge in [-0.25, -0.2) is 4.98 Å². The van der Waals surface area contributed by atoms with Gasteiger partial charge in [0.25, 0.3) is 0 Å². The lowest BCUT2D eigenvalue weighted by Crippen LogP contribution is -2.20. The van der Waals surface area contributed by atoms with Crippen molar-refractivity contribution in [3.8, 4) is 0 Å². The average Bonchev–Trinajstić information content (AvgIpc) is 2.91. The fraction of sp³-hybridized carbons (Fsp3) is 0.438. The number of aromatic nitrogens is 2. The Morgan fingerprint density at radius 1 is 1.25 bits per heavy atom. The predicted octanol–water partition coefficient (Wildman–Crippen LogP) is 2.23. The fourth-order valence-electron chi connectivity index (χ4n) is 2.27. The summed E-state index contributed by atoms with van der Waals surface area (Å²) < 4.78 is 7.24. The van der Waals surface area contributed by atoms with E-state index in [2.05, 4.69) is 46.1 Å². The molecule has 1 heterocycles. The van der Waals surface area contributed by atoms with Gasteiger partial charge in [-0.2, -0.15) is 0 Å². The Hall–Kier alpha value is -1.65. The zero-order valence-corrected chi connectivity index (χ0v) is 12.3. The first-order valence-corrected chi connectivity index (χ1v) is 7.10. The van der Waals surface area contributed by atoms with E-state index in [0.29, 0.717) is 0 Å². The third kappa shape index (κ3) is 3.92. The van der Waals surface area contributed by atoms with Crippen LogP contribution in [0, 0.1) is 0 Å². The molecule has 2 rings (SSSR count). The second-order valence-corrected chi connectivity index (χ2v) is 4.80. The number of aryl methyl sites for hydroxylation is 1. The minimum Gasteiger partial charge on any atom is -0.383 e. The van der Waals surface area contributed by atoms with E-state index in [0.717, 1.165) is 32.7 Å². The molecule has 0 amide bonds. The van der Waals surface area contributed by atoms with E-state index >= 15 is 0 Å². The standard InChI is InChI=1S/C16H23N3O/c1-3-14-6-4-5-7-15(14)12-19-13-18-11-16(19)10-17-8-9-20-2/h4-7,11,13,17H,3,8-10,12H2,1-2H3. The molecule has 4 heteroatoms. The molecule has 20 heavy (non-hydrogen) atoms. The molecule has 0 fully saturated rings. The van der Waals surface area contributed by atoms with Crippen molar-refractivity contribution in [2.24, 2.45) is 0 Å². The van der Waals surface area contributed by atoms with Crippen molar-refractivity contribution in [1.29, 1.82) is 0 Å². The van der Waals surface area contributed by atoms with Crippen molar-refractivity contribution < 1.29 is 4.74 Å². The molecule has 0 aliphatic heterocycles. The van der Waals surface area contributed by atoms with Crippen molar-refractivity contribution in [2.75, 3.05) is 20.3 Å². The number of imidazole rings is 1. The molecular formula is C16H23N3O. The Labute approximate surface area is 120 Å². The zero-order chi connectivity index (χ0) is 14.2. The van der Waals surface area contributed by atoms with E-state index in [4.69, 9.17) is 4.74 Å². The summed E-state index contributed by atoms with van der Waals surface area (Å²) in [5.74, 6) is 0. The summed E-state index contributed by atoms with van der Waals surface area (Å²) >= 11 is 0. The average molecular weight is 273 g/mol. The fourth-order valence-corrected chi connectivity index (χ4v) is 2.27. The van der Waals surface area contributed by atoms with Gasteiger partial charge in [-0.1, -0.05) is 31.2 Å². The second-order valence-electron chi connectivity index (χ2n) is 4.80. The Kier molecular flexibility index (Phi) is 5.77. The smallest absolute Gasteiger partial charge is 0.0951 e. The maximum atomic E-state index is 5.03. The van der Waals surface area contributed by atoms with E-state index in [9.17, 15) is 0 Å². The molecule has 108 valence electrons. The van der Waals surface area contributed by atoms with Gasteiger partial charge in [0.1, 0.15) is 0 Å². The van der Waals surface area contributed by atoms with E-state index in [1.807, 2.05) is 12.5 Å². The molecule has 1 aromatic carbocycles. The molecule has 0 atom stereocenters. The van der Waals surface area contributed by atoms with Crippen LogP contribution in [0.4, 0.5) is 0 Å². The quantitative estimate of drug-likeness (QED) is 0.750. The van der Waals surface area contributed by atoms with Crippen molar-refractivity contribution in [1.82, 2.24) is 14.9 Å². The number of rotatable bonds is 8. The Morgan fingerprint density at radius 2 is 2.05 bits per heavy atom. The molecule has 0 aliphatic rings. The van der Waals surface area contributed by atoms with Crippen molar-refractivity contribution in [2.45, 2.75) is 26.4 Å². The maximum Gasteiger partial charge on any atom is 0.0951 e. The van der Waals surface area contributed by atoms with Crippen molar-refractivity contribution in [3.05, 3.63) is 53.6 Å². The molecule has 1 aromatic heterocycles. The summed E-state index contributed by atoms with van der Waals surface area (Å²) in [5.41, 5.74) is 3.97. The molecular weight excluding hydrogens is 250 g/mol. The second kappa shape index (κ2) is 7.82. The minimum atomic E-state index is 0.729. The van der Waals surface area contributed by atoms with E-state index in [-0.39, 0.29) is 0 Å². The molecule has 1 N–H and O–H groups in total. The maximum absolute atomic E-state index is 5.03. The minimum absolute atomic E-state index is 0.729. The highest BCUT2D eigenvalue weighted by Crippen LogP contribution is 2.12. The van der Waals surface area contributed by atoms with Crippen LogP contribution < -0.4 is 5.32 Å². The topological polar surface area (TPSA) is 39.1 Å². The lowest BCUT2D eigenvalue weighted by atomic mass is 10.1. The van der Waals surface area contributed by atoms with Crippen LogP contribution in [0.5, 0.6) is 0 Å². The Bertz CT molecular complexity index is 522. The summed E-state index contributed by atoms with van der Waals surface area (Å²) in [6.07, 6.45) is 4.89. The van der Waals surface area contributed by atoms with Gasteiger partial charge in [0, 0.05) is 32.9 Å². The van der Waals surface area contributed by atoms with Crippen LogP contribution in [0.15, 0.2) is 36.8 Å². The molecule has 0 saturated heterocycles. The normalized spacial score (nSPS) is 10.9. The van der Waals surface area contributed by atoms with Crippen molar-refractivity contribution in [3.63, 3.8) is 0 Å². The molecule has 0 unspecified atom stereocenters. The number of ether oxygens (including phenoxy) is 1. The molecule has 2 aromatic rings. The summed E-state index contributed by atoms with van der Waals surface area (Å²) in [4.78, 5) is 4.26. The lowest BCUT2D eigenvalue weighted by molar-refractivity contribution is 0.199. The number of nitrogens with one attached hydrogen (secondary N) is 1. The number of hydrogen-bond acceptors (Lipinski definition) is 3. The van der Waals surface area contributed by atoms with Crippen LogP contribution in [0.25, 0.3) is 0 Å². The molecule has 0 aliphatic carbocycles. The molecule has 0 spiro atoms. The number of methoxy groups -OCH3 is 1. The third-order valence-electron chi connectivity index (χ3n) is 3.43. The summed E-state index contributed by atoms with van der Waals surface area (Å²) in [7, 11) is 1.72. The van der Waals surface area contributed by atoms with E-state index in [1.165, 1.54) is 16.8 Å². The Balaban J connectivity index is 2.01. The highest BCUT2D eigenvalue weighted by atomic mass is 16.5. The van der Waals surface area contributed by atoms with Crippen LogP contribution in [0.2, 0.25) is 0 Å². The molecule has 0 radical (unpaired) electrons. The van der Waals surface area contributed by atoms with Crippen molar-refractivity contribution >= 4 is 0 Å². The first kappa shape index (κ1) is 14.8. The van der Waals surface area contributed by atoms with Gasteiger partial charge in [0.15, 0.2) is 0 Å². The van der Waals surface area contributed by atoms with Crippen LogP contribution >= 0.6 is 0 Å². The van der Waals surface area contributed by atoms with Gasteiger partial charge >= 0.3 is 0 Å². The summed E-state index contributed by atoms with van der Waals surface area (Å²) in [6.45, 7) is 5.48. The van der Waals surface area contributed by atoms with Gasteiger partial charge in [-0.15, -0.1) is 0 Å². The third-order valence-corrected chi connectivity index (χ3v) is 3.43. The number of hydrogen-bond donors (Lipinski definition) is 1. The number of nitrogens with zero attached hydrogens (tertiary/aromatic N) is 2. The zero-order valence-electron chi connectivity index (χ0n) is 12.3.